The van der Waals surface area contributed by atoms with E-state index >= 15 is 0 Å². The first-order valence-electron chi connectivity index (χ1n) is 9.94. The second-order valence-electron chi connectivity index (χ2n) is 7.36. The van der Waals surface area contributed by atoms with Crippen LogP contribution >= 0.6 is 0 Å². The number of amides is 1. The van der Waals surface area contributed by atoms with Crippen LogP contribution in [0.1, 0.15) is 36.8 Å². The molecule has 2 aromatic rings. The van der Waals surface area contributed by atoms with Crippen LogP contribution in [-0.2, 0) is 21.2 Å². The molecule has 1 heterocycles. The Morgan fingerprint density at radius 1 is 1.07 bits per heavy atom. The van der Waals surface area contributed by atoms with Crippen molar-refractivity contribution in [3.8, 4) is 5.75 Å². The molecule has 6 nitrogen and oxygen atoms in total. The molecule has 0 unspecified atom stereocenters. The summed E-state index contributed by atoms with van der Waals surface area (Å²) in [6.45, 7) is 3.13. The third-order valence-electron chi connectivity index (χ3n) is 5.15. The van der Waals surface area contributed by atoms with Crippen LogP contribution in [0.5, 0.6) is 5.75 Å². The number of ether oxygens (including phenoxy) is 1. The summed E-state index contributed by atoms with van der Waals surface area (Å²) in [7, 11) is -1.85. The molecule has 1 aliphatic rings. The first-order chi connectivity index (χ1) is 13.9. The quantitative estimate of drug-likeness (QED) is 0.746. The molecule has 0 bridgehead atoms. The van der Waals surface area contributed by atoms with Gasteiger partial charge in [-0.3, -0.25) is 4.79 Å². The van der Waals surface area contributed by atoms with Crippen molar-refractivity contribution in [1.82, 2.24) is 4.31 Å². The van der Waals surface area contributed by atoms with Crippen LogP contribution in [0.3, 0.4) is 0 Å². The number of rotatable bonds is 7. The van der Waals surface area contributed by atoms with Gasteiger partial charge in [0.05, 0.1) is 17.7 Å². The zero-order valence-corrected chi connectivity index (χ0v) is 17.8. The van der Waals surface area contributed by atoms with Crippen molar-refractivity contribution in [2.24, 2.45) is 0 Å². The number of hydrogen-bond acceptors (Lipinski definition) is 4. The SMILES string of the molecule is COc1ccc(C)cc1NC(=O)CCc1ccc(S(=O)(=O)N2CCCCC2)cc1. The van der Waals surface area contributed by atoms with Gasteiger partial charge in [-0.2, -0.15) is 4.31 Å². The van der Waals surface area contributed by atoms with Crippen LogP contribution in [-0.4, -0.2) is 38.8 Å². The minimum Gasteiger partial charge on any atom is -0.495 e. The molecule has 0 spiro atoms. The van der Waals surface area contributed by atoms with Gasteiger partial charge in [-0.05, 0) is 61.6 Å². The van der Waals surface area contributed by atoms with E-state index < -0.39 is 10.0 Å². The molecule has 1 N–H and O–H groups in total. The molecule has 1 fully saturated rings. The first kappa shape index (κ1) is 21.3. The summed E-state index contributed by atoms with van der Waals surface area (Å²) in [5.41, 5.74) is 2.61. The number of piperidine rings is 1. The van der Waals surface area contributed by atoms with Gasteiger partial charge in [-0.15, -0.1) is 0 Å². The Balaban J connectivity index is 1.59. The minimum atomic E-state index is -3.42. The summed E-state index contributed by atoms with van der Waals surface area (Å²) in [4.78, 5) is 12.6. The molecule has 29 heavy (non-hydrogen) atoms. The fourth-order valence-corrected chi connectivity index (χ4v) is 4.99. The van der Waals surface area contributed by atoms with Crippen molar-refractivity contribution < 1.29 is 17.9 Å². The van der Waals surface area contributed by atoms with E-state index in [4.69, 9.17) is 4.74 Å². The molecule has 1 amide bonds. The number of nitrogens with one attached hydrogen (secondary N) is 1. The summed E-state index contributed by atoms with van der Waals surface area (Å²) in [6, 6.07) is 12.5. The first-order valence-corrected chi connectivity index (χ1v) is 11.4. The summed E-state index contributed by atoms with van der Waals surface area (Å²) >= 11 is 0. The number of aryl methyl sites for hydroxylation is 2. The van der Waals surface area contributed by atoms with Gasteiger partial charge in [-0.25, -0.2) is 8.42 Å². The van der Waals surface area contributed by atoms with Gasteiger partial charge in [0.2, 0.25) is 15.9 Å². The molecular weight excluding hydrogens is 388 g/mol. The Kier molecular flexibility index (Phi) is 6.92. The van der Waals surface area contributed by atoms with Gasteiger partial charge in [0.1, 0.15) is 5.75 Å². The molecular formula is C22H28N2O4S. The Hall–Kier alpha value is -2.38. The van der Waals surface area contributed by atoms with Crippen LogP contribution in [0.15, 0.2) is 47.4 Å². The van der Waals surface area contributed by atoms with E-state index in [0.29, 0.717) is 42.3 Å². The number of carbonyl (C=O) groups excluding carboxylic acids is 1. The Morgan fingerprint density at radius 3 is 2.41 bits per heavy atom. The average Bonchev–Trinajstić information content (AvgIpc) is 2.73. The van der Waals surface area contributed by atoms with E-state index in [1.54, 1.807) is 35.7 Å². The van der Waals surface area contributed by atoms with Gasteiger partial charge in [0, 0.05) is 19.5 Å². The van der Waals surface area contributed by atoms with Crippen LogP contribution in [0.2, 0.25) is 0 Å². The lowest BCUT2D eigenvalue weighted by molar-refractivity contribution is -0.116. The molecule has 1 saturated heterocycles. The number of carbonyl (C=O) groups is 1. The lowest BCUT2D eigenvalue weighted by Gasteiger charge is -2.25. The smallest absolute Gasteiger partial charge is 0.243 e. The standard InChI is InChI=1S/C22H28N2O4S/c1-17-6-12-21(28-2)20(16-17)23-22(25)13-9-18-7-10-19(11-8-18)29(26,27)24-14-4-3-5-15-24/h6-8,10-12,16H,3-5,9,13-15H2,1-2H3,(H,23,25). The van der Waals surface area contributed by atoms with E-state index in [0.717, 1.165) is 30.4 Å². The molecule has 1 aliphatic heterocycles. The third-order valence-corrected chi connectivity index (χ3v) is 7.06. The van der Waals surface area contributed by atoms with E-state index in [-0.39, 0.29) is 5.91 Å². The van der Waals surface area contributed by atoms with Crippen LogP contribution in [0.25, 0.3) is 0 Å². The molecule has 3 rings (SSSR count). The largest absolute Gasteiger partial charge is 0.495 e. The highest BCUT2D eigenvalue weighted by Crippen LogP contribution is 2.25. The Labute approximate surface area is 172 Å². The fourth-order valence-electron chi connectivity index (χ4n) is 3.47. The maximum Gasteiger partial charge on any atom is 0.243 e. The maximum absolute atomic E-state index is 12.7. The summed E-state index contributed by atoms with van der Waals surface area (Å²) in [5, 5.41) is 2.88. The highest BCUT2D eigenvalue weighted by Gasteiger charge is 2.25. The van der Waals surface area contributed by atoms with Gasteiger partial charge >= 0.3 is 0 Å². The lowest BCUT2D eigenvalue weighted by Crippen LogP contribution is -2.35. The summed E-state index contributed by atoms with van der Waals surface area (Å²) < 4.78 is 32.3. The summed E-state index contributed by atoms with van der Waals surface area (Å²) in [6.07, 6.45) is 3.75. The average molecular weight is 417 g/mol. The van der Waals surface area contributed by atoms with Crippen molar-refractivity contribution in [3.63, 3.8) is 0 Å². The van der Waals surface area contributed by atoms with Gasteiger partial charge in [0.25, 0.3) is 0 Å². The summed E-state index contributed by atoms with van der Waals surface area (Å²) in [5.74, 6) is 0.509. The van der Waals surface area contributed by atoms with Crippen LogP contribution < -0.4 is 10.1 Å². The second-order valence-corrected chi connectivity index (χ2v) is 9.30. The van der Waals surface area contributed by atoms with Crippen LogP contribution in [0.4, 0.5) is 5.69 Å². The monoisotopic (exact) mass is 416 g/mol. The van der Waals surface area contributed by atoms with Crippen LogP contribution in [0, 0.1) is 6.92 Å². The third kappa shape index (κ3) is 5.36. The number of sulfonamides is 1. The molecule has 0 radical (unpaired) electrons. The van der Waals surface area contributed by atoms with Crippen molar-refractivity contribution >= 4 is 21.6 Å². The van der Waals surface area contributed by atoms with Crippen molar-refractivity contribution in [2.75, 3.05) is 25.5 Å². The molecule has 0 atom stereocenters. The normalized spacial score (nSPS) is 15.1. The molecule has 0 aromatic heterocycles. The molecule has 2 aromatic carbocycles. The number of anilines is 1. The highest BCUT2D eigenvalue weighted by atomic mass is 32.2. The van der Waals surface area contributed by atoms with Gasteiger partial charge < -0.3 is 10.1 Å². The highest BCUT2D eigenvalue weighted by molar-refractivity contribution is 7.89. The minimum absolute atomic E-state index is 0.112. The number of methoxy groups -OCH3 is 1. The number of hydrogen-bond donors (Lipinski definition) is 1. The van der Waals surface area contributed by atoms with E-state index in [1.165, 1.54) is 0 Å². The molecule has 0 aliphatic carbocycles. The Morgan fingerprint density at radius 2 is 1.76 bits per heavy atom. The molecule has 156 valence electrons. The van der Waals surface area contributed by atoms with Crippen molar-refractivity contribution in [3.05, 3.63) is 53.6 Å². The van der Waals surface area contributed by atoms with E-state index in [2.05, 4.69) is 5.32 Å². The molecule has 7 heteroatoms. The van der Waals surface area contributed by atoms with Crippen molar-refractivity contribution in [2.45, 2.75) is 43.9 Å². The Bertz CT molecular complexity index is 949. The predicted octanol–water partition coefficient (Wildman–Crippen LogP) is 3.75. The second kappa shape index (κ2) is 9.41. The predicted molar refractivity (Wildman–Crippen MR) is 114 cm³/mol. The number of benzene rings is 2. The van der Waals surface area contributed by atoms with Crippen molar-refractivity contribution in [1.29, 1.82) is 0 Å². The van der Waals surface area contributed by atoms with E-state index in [9.17, 15) is 13.2 Å². The topological polar surface area (TPSA) is 75.7 Å². The fraction of sp³-hybridized carbons (Fsp3) is 0.409. The maximum atomic E-state index is 12.7. The van der Waals surface area contributed by atoms with E-state index in [1.807, 2.05) is 25.1 Å². The zero-order valence-electron chi connectivity index (χ0n) is 17.0. The lowest BCUT2D eigenvalue weighted by atomic mass is 10.1. The zero-order chi connectivity index (χ0) is 20.9. The molecule has 0 saturated carbocycles. The number of nitrogens with zero attached hydrogens (tertiary/aromatic N) is 1. The van der Waals surface area contributed by atoms with Gasteiger partial charge in [-0.1, -0.05) is 24.6 Å². The van der Waals surface area contributed by atoms with Gasteiger partial charge in [0.15, 0.2) is 0 Å².